The SMILES string of the molecule is C=CSC(=N)COc1ccc(Nc2ncnc3ccc(NC4=NC(C)(C)CO4)cc23)cc1Cl. The summed E-state index contributed by atoms with van der Waals surface area (Å²) >= 11 is 7.59. The summed E-state index contributed by atoms with van der Waals surface area (Å²) in [5.74, 6) is 1.13. The Kier molecular flexibility index (Phi) is 6.71. The van der Waals surface area contributed by atoms with Crippen molar-refractivity contribution in [2.75, 3.05) is 23.8 Å². The first-order valence-electron chi connectivity index (χ1n) is 10.1. The van der Waals surface area contributed by atoms with Crippen molar-refractivity contribution in [3.05, 3.63) is 59.7 Å². The standard InChI is InChI=1S/C23H23ClN6O2S/c1-4-33-20(25)11-31-19-8-6-15(10-17(19)24)28-21-16-9-14(5-7-18(16)26-13-27-21)29-22-30-23(2,3)12-32-22/h4-10,13,25H,1,11-12H2,2-3H3,(H,29,30)(H,26,27,28). The molecule has 0 saturated heterocycles. The van der Waals surface area contributed by atoms with Crippen LogP contribution in [-0.4, -0.2) is 39.8 Å². The Labute approximate surface area is 201 Å². The highest BCUT2D eigenvalue weighted by Crippen LogP contribution is 2.31. The first-order valence-corrected chi connectivity index (χ1v) is 11.4. The predicted molar refractivity (Wildman–Crippen MR) is 136 cm³/mol. The van der Waals surface area contributed by atoms with Crippen LogP contribution in [0.4, 0.5) is 17.2 Å². The van der Waals surface area contributed by atoms with Crippen molar-refractivity contribution in [3.8, 4) is 5.75 Å². The minimum absolute atomic E-state index is 0.127. The molecule has 2 heterocycles. The number of fused-ring (bicyclic) bond motifs is 1. The number of rotatable bonds is 7. The van der Waals surface area contributed by atoms with E-state index in [0.29, 0.717) is 34.3 Å². The molecule has 170 valence electrons. The van der Waals surface area contributed by atoms with Gasteiger partial charge >= 0.3 is 0 Å². The molecule has 3 aromatic rings. The van der Waals surface area contributed by atoms with Gasteiger partial charge in [0, 0.05) is 16.8 Å². The number of thioether (sulfide) groups is 1. The van der Waals surface area contributed by atoms with Crippen LogP contribution in [0.15, 0.2) is 59.7 Å². The zero-order chi connectivity index (χ0) is 23.4. The fourth-order valence-electron chi connectivity index (χ4n) is 3.12. The molecule has 0 bridgehead atoms. The van der Waals surface area contributed by atoms with E-state index in [2.05, 4.69) is 32.2 Å². The van der Waals surface area contributed by atoms with E-state index in [1.165, 1.54) is 18.1 Å². The number of hydrogen-bond donors (Lipinski definition) is 3. The average Bonchev–Trinajstić information content (AvgIpc) is 3.12. The number of anilines is 3. The molecule has 0 fully saturated rings. The molecule has 0 atom stereocenters. The molecule has 0 spiro atoms. The van der Waals surface area contributed by atoms with E-state index in [4.69, 9.17) is 26.5 Å². The molecule has 0 amide bonds. The van der Waals surface area contributed by atoms with Gasteiger partial charge in [-0.3, -0.25) is 5.41 Å². The van der Waals surface area contributed by atoms with Crippen LogP contribution in [0, 0.1) is 5.41 Å². The number of nitrogens with zero attached hydrogens (tertiary/aromatic N) is 3. The van der Waals surface area contributed by atoms with E-state index in [1.54, 1.807) is 17.5 Å². The molecular formula is C23H23ClN6O2S. The summed E-state index contributed by atoms with van der Waals surface area (Å²) in [5.41, 5.74) is 2.11. The molecule has 2 aromatic carbocycles. The zero-order valence-corrected chi connectivity index (χ0v) is 19.8. The van der Waals surface area contributed by atoms with Crippen molar-refractivity contribution in [2.24, 2.45) is 4.99 Å². The third-order valence-corrected chi connectivity index (χ3v) is 5.50. The van der Waals surface area contributed by atoms with Crippen molar-refractivity contribution < 1.29 is 9.47 Å². The number of aliphatic imine (C=N–C) groups is 1. The number of aromatic nitrogens is 2. The number of hydrogen-bond acceptors (Lipinski definition) is 9. The van der Waals surface area contributed by atoms with E-state index in [9.17, 15) is 0 Å². The first-order chi connectivity index (χ1) is 15.8. The highest BCUT2D eigenvalue weighted by molar-refractivity contribution is 8.16. The average molecular weight is 483 g/mol. The number of nitrogens with one attached hydrogen (secondary N) is 3. The van der Waals surface area contributed by atoms with Gasteiger partial charge in [-0.2, -0.15) is 0 Å². The molecule has 0 radical (unpaired) electrons. The van der Waals surface area contributed by atoms with Crippen molar-refractivity contribution in [1.29, 1.82) is 5.41 Å². The number of ether oxygens (including phenoxy) is 2. The van der Waals surface area contributed by atoms with Crippen LogP contribution in [0.2, 0.25) is 5.02 Å². The van der Waals surface area contributed by atoms with E-state index in [0.717, 1.165) is 22.3 Å². The molecule has 1 aliphatic rings. The smallest absolute Gasteiger partial charge is 0.289 e. The Hall–Kier alpha value is -3.30. The summed E-state index contributed by atoms with van der Waals surface area (Å²) in [6, 6.07) is 11.6. The van der Waals surface area contributed by atoms with Crippen molar-refractivity contribution in [1.82, 2.24) is 9.97 Å². The predicted octanol–water partition coefficient (Wildman–Crippen LogP) is 5.84. The van der Waals surface area contributed by atoms with Gasteiger partial charge in [-0.1, -0.05) is 29.9 Å². The number of halogens is 1. The lowest BCUT2D eigenvalue weighted by Gasteiger charge is -2.12. The molecule has 10 heteroatoms. The summed E-state index contributed by atoms with van der Waals surface area (Å²) in [6.45, 7) is 8.29. The maximum absolute atomic E-state index is 7.76. The van der Waals surface area contributed by atoms with Crippen LogP contribution in [0.1, 0.15) is 13.8 Å². The fraction of sp³-hybridized carbons (Fsp3) is 0.217. The quantitative estimate of drug-likeness (QED) is 0.287. The fourth-order valence-corrected chi connectivity index (χ4v) is 3.68. The van der Waals surface area contributed by atoms with E-state index >= 15 is 0 Å². The van der Waals surface area contributed by atoms with Crippen LogP contribution in [-0.2, 0) is 4.74 Å². The van der Waals surface area contributed by atoms with Crippen LogP contribution >= 0.6 is 23.4 Å². The highest BCUT2D eigenvalue weighted by atomic mass is 35.5. The maximum Gasteiger partial charge on any atom is 0.289 e. The van der Waals surface area contributed by atoms with Gasteiger partial charge in [0.2, 0.25) is 0 Å². The number of amidine groups is 1. The molecule has 1 aromatic heterocycles. The Balaban J connectivity index is 1.53. The molecule has 0 aliphatic carbocycles. The van der Waals surface area contributed by atoms with Gasteiger partial charge in [0.05, 0.1) is 16.1 Å². The van der Waals surface area contributed by atoms with Crippen molar-refractivity contribution in [3.63, 3.8) is 0 Å². The molecule has 8 nitrogen and oxygen atoms in total. The largest absolute Gasteiger partial charge is 0.485 e. The summed E-state index contributed by atoms with van der Waals surface area (Å²) in [4.78, 5) is 13.3. The van der Waals surface area contributed by atoms with Gasteiger partial charge in [-0.15, -0.1) is 0 Å². The summed E-state index contributed by atoms with van der Waals surface area (Å²) in [6.07, 6.45) is 1.51. The van der Waals surface area contributed by atoms with Gasteiger partial charge in [-0.05, 0) is 55.7 Å². The van der Waals surface area contributed by atoms with Crippen LogP contribution in [0.25, 0.3) is 10.9 Å². The Morgan fingerprint density at radius 3 is 2.76 bits per heavy atom. The second-order valence-electron chi connectivity index (χ2n) is 7.86. The molecule has 1 aliphatic heterocycles. The number of benzene rings is 2. The summed E-state index contributed by atoms with van der Waals surface area (Å²) < 4.78 is 11.2. The van der Waals surface area contributed by atoms with Crippen LogP contribution in [0.3, 0.4) is 0 Å². The van der Waals surface area contributed by atoms with Crippen LogP contribution < -0.4 is 15.4 Å². The third kappa shape index (κ3) is 5.74. The summed E-state index contributed by atoms with van der Waals surface area (Å²) in [7, 11) is 0. The van der Waals surface area contributed by atoms with E-state index < -0.39 is 0 Å². The Morgan fingerprint density at radius 2 is 2.03 bits per heavy atom. The monoisotopic (exact) mass is 482 g/mol. The van der Waals surface area contributed by atoms with E-state index in [1.807, 2.05) is 38.1 Å². The van der Waals surface area contributed by atoms with Crippen molar-refractivity contribution in [2.45, 2.75) is 19.4 Å². The van der Waals surface area contributed by atoms with Gasteiger partial charge in [-0.25, -0.2) is 15.0 Å². The Morgan fingerprint density at radius 1 is 1.24 bits per heavy atom. The lowest BCUT2D eigenvalue weighted by atomic mass is 10.1. The van der Waals surface area contributed by atoms with Crippen molar-refractivity contribution >= 4 is 62.5 Å². The first kappa shape index (κ1) is 22.9. The lowest BCUT2D eigenvalue weighted by Crippen LogP contribution is -2.17. The maximum atomic E-state index is 7.76. The minimum Gasteiger partial charge on any atom is -0.485 e. The highest BCUT2D eigenvalue weighted by Gasteiger charge is 2.26. The van der Waals surface area contributed by atoms with Gasteiger partial charge in [0.25, 0.3) is 6.02 Å². The third-order valence-electron chi connectivity index (χ3n) is 4.63. The normalized spacial score (nSPS) is 14.3. The Bertz CT molecular complexity index is 1250. The molecular weight excluding hydrogens is 460 g/mol. The van der Waals surface area contributed by atoms with Crippen LogP contribution in [0.5, 0.6) is 5.75 Å². The second kappa shape index (κ2) is 9.68. The van der Waals surface area contributed by atoms with Gasteiger partial charge < -0.3 is 20.1 Å². The second-order valence-corrected chi connectivity index (χ2v) is 9.33. The summed E-state index contributed by atoms with van der Waals surface area (Å²) in [5, 5.41) is 17.4. The molecule has 0 saturated carbocycles. The minimum atomic E-state index is -0.241. The zero-order valence-electron chi connectivity index (χ0n) is 18.2. The molecule has 33 heavy (non-hydrogen) atoms. The molecule has 3 N–H and O–H groups in total. The topological polar surface area (TPSA) is 105 Å². The molecule has 4 rings (SSSR count). The van der Waals surface area contributed by atoms with Gasteiger partial charge in [0.1, 0.15) is 36.2 Å². The molecule has 0 unspecified atom stereocenters. The van der Waals surface area contributed by atoms with E-state index in [-0.39, 0.29) is 12.1 Å². The lowest BCUT2D eigenvalue weighted by molar-refractivity contribution is 0.278. The van der Waals surface area contributed by atoms with Gasteiger partial charge in [0.15, 0.2) is 0 Å².